The molecule has 3 aromatic rings. The zero-order valence-corrected chi connectivity index (χ0v) is 14.4. The summed E-state index contributed by atoms with van der Waals surface area (Å²) in [5.41, 5.74) is 7.04. The van der Waals surface area contributed by atoms with Crippen molar-refractivity contribution in [2.24, 2.45) is 5.73 Å². The van der Waals surface area contributed by atoms with Crippen molar-refractivity contribution in [2.75, 3.05) is 20.8 Å². The van der Waals surface area contributed by atoms with Crippen LogP contribution in [0, 0.1) is 0 Å². The Hall–Kier alpha value is -2.86. The second kappa shape index (κ2) is 7.36. The summed E-state index contributed by atoms with van der Waals surface area (Å²) < 4.78 is 12.1. The van der Waals surface area contributed by atoms with Crippen molar-refractivity contribution in [3.05, 3.63) is 52.8 Å². The van der Waals surface area contributed by atoms with Gasteiger partial charge in [0.1, 0.15) is 17.3 Å². The molecule has 1 heterocycles. The molecule has 0 unspecified atom stereocenters. The highest BCUT2D eigenvalue weighted by Gasteiger charge is 2.13. The Morgan fingerprint density at radius 2 is 1.72 bits per heavy atom. The molecule has 130 valence electrons. The summed E-state index contributed by atoms with van der Waals surface area (Å²) in [5, 5.41) is 0.536. The molecule has 1 aromatic heterocycles. The molecule has 0 amide bonds. The monoisotopic (exact) mass is 339 g/mol. The van der Waals surface area contributed by atoms with Gasteiger partial charge in [-0.25, -0.2) is 4.98 Å². The van der Waals surface area contributed by atoms with Gasteiger partial charge in [0.05, 0.1) is 25.1 Å². The molecule has 3 rings (SSSR count). The average Bonchev–Trinajstić information content (AvgIpc) is 2.67. The first-order valence-electron chi connectivity index (χ1n) is 8.11. The molecule has 0 aliphatic rings. The number of benzene rings is 2. The summed E-state index contributed by atoms with van der Waals surface area (Å²) >= 11 is 0. The largest absolute Gasteiger partial charge is 0.497 e. The minimum absolute atomic E-state index is 0.0943. The van der Waals surface area contributed by atoms with Crippen LogP contribution in [0.2, 0.25) is 0 Å². The lowest BCUT2D eigenvalue weighted by Gasteiger charge is -2.14. The summed E-state index contributed by atoms with van der Waals surface area (Å²) in [6.07, 6.45) is 0.695. The molecule has 2 aromatic carbocycles. The molecule has 2 N–H and O–H groups in total. The Morgan fingerprint density at radius 3 is 2.36 bits per heavy atom. The third kappa shape index (κ3) is 3.34. The average molecular weight is 339 g/mol. The maximum atomic E-state index is 13.0. The maximum Gasteiger partial charge on any atom is 0.261 e. The van der Waals surface area contributed by atoms with E-state index in [1.807, 2.05) is 24.3 Å². The van der Waals surface area contributed by atoms with Crippen LogP contribution < -0.4 is 20.8 Å². The molecule has 0 saturated heterocycles. The van der Waals surface area contributed by atoms with Gasteiger partial charge >= 0.3 is 0 Å². The van der Waals surface area contributed by atoms with Gasteiger partial charge in [0.2, 0.25) is 0 Å². The highest BCUT2D eigenvalue weighted by Crippen LogP contribution is 2.23. The van der Waals surface area contributed by atoms with Gasteiger partial charge in [0.25, 0.3) is 5.56 Å². The Labute approximate surface area is 145 Å². The number of aromatic nitrogens is 2. The second-order valence-corrected chi connectivity index (χ2v) is 5.65. The predicted octanol–water partition coefficient (Wildman–Crippen LogP) is 2.43. The van der Waals surface area contributed by atoms with Crippen molar-refractivity contribution in [2.45, 2.75) is 13.0 Å². The van der Waals surface area contributed by atoms with Crippen LogP contribution in [0.5, 0.6) is 11.5 Å². The molecule has 0 saturated carbocycles. The van der Waals surface area contributed by atoms with E-state index >= 15 is 0 Å². The minimum atomic E-state index is -0.0943. The van der Waals surface area contributed by atoms with Crippen molar-refractivity contribution in [1.29, 1.82) is 0 Å². The number of hydrogen-bond acceptors (Lipinski definition) is 5. The summed E-state index contributed by atoms with van der Waals surface area (Å²) in [7, 11) is 3.20. The molecular formula is C19H21N3O3. The molecule has 0 atom stereocenters. The molecule has 0 fully saturated rings. The van der Waals surface area contributed by atoms with Gasteiger partial charge in [0.15, 0.2) is 0 Å². The first-order chi connectivity index (χ1) is 12.2. The molecule has 0 bridgehead atoms. The third-order valence-corrected chi connectivity index (χ3v) is 4.10. The Kier molecular flexibility index (Phi) is 5.00. The lowest BCUT2D eigenvalue weighted by molar-refractivity contribution is 0.415. The van der Waals surface area contributed by atoms with E-state index in [1.54, 1.807) is 37.0 Å². The zero-order chi connectivity index (χ0) is 17.8. The minimum Gasteiger partial charge on any atom is -0.497 e. The van der Waals surface area contributed by atoms with Crippen LogP contribution in [0.4, 0.5) is 0 Å². The number of hydrogen-bond donors (Lipinski definition) is 1. The van der Waals surface area contributed by atoms with E-state index in [2.05, 4.69) is 0 Å². The first-order valence-corrected chi connectivity index (χ1v) is 8.11. The van der Waals surface area contributed by atoms with Gasteiger partial charge in [-0.2, -0.15) is 0 Å². The maximum absolute atomic E-state index is 13.0. The van der Waals surface area contributed by atoms with Crippen molar-refractivity contribution < 1.29 is 9.47 Å². The molecule has 0 radical (unpaired) electrons. The van der Waals surface area contributed by atoms with Crippen LogP contribution in [0.15, 0.2) is 47.3 Å². The van der Waals surface area contributed by atoms with E-state index in [0.29, 0.717) is 42.0 Å². The number of nitrogens with zero attached hydrogens (tertiary/aromatic N) is 2. The number of rotatable bonds is 6. The second-order valence-electron chi connectivity index (χ2n) is 5.65. The van der Waals surface area contributed by atoms with Crippen molar-refractivity contribution in [3.63, 3.8) is 0 Å². The van der Waals surface area contributed by atoms with Crippen LogP contribution in [-0.4, -0.2) is 30.3 Å². The number of methoxy groups -OCH3 is 2. The fourth-order valence-electron chi connectivity index (χ4n) is 2.74. The van der Waals surface area contributed by atoms with Crippen LogP contribution in [0.3, 0.4) is 0 Å². The van der Waals surface area contributed by atoms with Crippen LogP contribution >= 0.6 is 0 Å². The van der Waals surface area contributed by atoms with Crippen LogP contribution in [0.25, 0.3) is 22.3 Å². The molecule has 6 nitrogen and oxygen atoms in total. The number of fused-ring (bicyclic) bond motifs is 1. The summed E-state index contributed by atoms with van der Waals surface area (Å²) in [4.78, 5) is 17.7. The highest BCUT2D eigenvalue weighted by molar-refractivity contribution is 5.81. The lowest BCUT2D eigenvalue weighted by Crippen LogP contribution is -2.24. The van der Waals surface area contributed by atoms with E-state index < -0.39 is 0 Å². The summed E-state index contributed by atoms with van der Waals surface area (Å²) in [5.74, 6) is 2.01. The van der Waals surface area contributed by atoms with Gasteiger partial charge in [-0.15, -0.1) is 0 Å². The van der Waals surface area contributed by atoms with Crippen LogP contribution in [0.1, 0.15) is 6.42 Å². The third-order valence-electron chi connectivity index (χ3n) is 4.10. The molecular weight excluding hydrogens is 318 g/mol. The van der Waals surface area contributed by atoms with E-state index in [0.717, 1.165) is 11.3 Å². The van der Waals surface area contributed by atoms with Gasteiger partial charge in [-0.1, -0.05) is 0 Å². The Bertz CT molecular complexity index is 933. The van der Waals surface area contributed by atoms with Gasteiger partial charge in [0, 0.05) is 12.1 Å². The van der Waals surface area contributed by atoms with Crippen molar-refractivity contribution >= 4 is 10.9 Å². The topological polar surface area (TPSA) is 79.4 Å². The molecule has 0 aliphatic heterocycles. The standard InChI is InChI=1S/C19H21N3O3/c1-24-14-6-4-13(5-7-14)18-21-17-9-8-15(25-2)12-16(17)19(23)22(18)11-3-10-20/h4-9,12H,3,10-11,20H2,1-2H3. The zero-order valence-electron chi connectivity index (χ0n) is 14.4. The normalized spacial score (nSPS) is 10.8. The lowest BCUT2D eigenvalue weighted by atomic mass is 10.1. The quantitative estimate of drug-likeness (QED) is 0.746. The number of nitrogens with two attached hydrogens (primary N) is 1. The highest BCUT2D eigenvalue weighted by atomic mass is 16.5. The van der Waals surface area contributed by atoms with Gasteiger partial charge in [-0.05, 0) is 55.4 Å². The fraction of sp³-hybridized carbons (Fsp3) is 0.263. The van der Waals surface area contributed by atoms with Crippen LogP contribution in [-0.2, 0) is 6.54 Å². The van der Waals surface area contributed by atoms with Crippen molar-refractivity contribution in [3.8, 4) is 22.9 Å². The van der Waals surface area contributed by atoms with Crippen molar-refractivity contribution in [1.82, 2.24) is 9.55 Å². The molecule has 6 heteroatoms. The van der Waals surface area contributed by atoms with E-state index in [-0.39, 0.29) is 5.56 Å². The van der Waals surface area contributed by atoms with Gasteiger partial charge < -0.3 is 15.2 Å². The Morgan fingerprint density at radius 1 is 1.04 bits per heavy atom. The van der Waals surface area contributed by atoms with E-state index in [1.165, 1.54) is 0 Å². The van der Waals surface area contributed by atoms with E-state index in [9.17, 15) is 4.79 Å². The molecule has 0 aliphatic carbocycles. The predicted molar refractivity (Wildman–Crippen MR) is 98.2 cm³/mol. The van der Waals surface area contributed by atoms with Gasteiger partial charge in [-0.3, -0.25) is 9.36 Å². The molecule has 0 spiro atoms. The molecule has 25 heavy (non-hydrogen) atoms. The first kappa shape index (κ1) is 17.0. The summed E-state index contributed by atoms with van der Waals surface area (Å²) in [6.45, 7) is 1.02. The van der Waals surface area contributed by atoms with E-state index in [4.69, 9.17) is 20.2 Å². The Balaban J connectivity index is 2.22. The fourth-order valence-corrected chi connectivity index (χ4v) is 2.74. The summed E-state index contributed by atoms with van der Waals surface area (Å²) in [6, 6.07) is 12.8. The number of ether oxygens (including phenoxy) is 2. The smallest absolute Gasteiger partial charge is 0.261 e. The SMILES string of the molecule is COc1ccc(-c2nc3ccc(OC)cc3c(=O)n2CCCN)cc1.